The number of amides is 3. The van der Waals surface area contributed by atoms with Crippen molar-refractivity contribution in [2.45, 2.75) is 19.0 Å². The molecular weight excluding hydrogens is 377 g/mol. The Morgan fingerprint density at radius 1 is 1.21 bits per heavy atom. The maximum atomic E-state index is 13.5. The number of piperazine rings is 1. The smallest absolute Gasteiger partial charge is 0.274 e. The van der Waals surface area contributed by atoms with Gasteiger partial charge in [0, 0.05) is 39.4 Å². The average Bonchev–Trinajstić information content (AvgIpc) is 2.99. The summed E-state index contributed by atoms with van der Waals surface area (Å²) < 4.78 is 15.0. The largest absolute Gasteiger partial charge is 0.335 e. The molecule has 8 nitrogen and oxygen atoms in total. The SMILES string of the molecule is Cn1ccc(C(=O)N2CCC3C(=O)N(Cc4cccc(F)c4)CC(=O)N3CC2)n1. The zero-order valence-electron chi connectivity index (χ0n) is 16.1. The second-order valence-corrected chi connectivity index (χ2v) is 7.38. The molecule has 0 N–H and O–H groups in total. The van der Waals surface area contributed by atoms with Crippen molar-refractivity contribution in [3.8, 4) is 0 Å². The molecular formula is C20H22FN5O3. The second-order valence-electron chi connectivity index (χ2n) is 7.38. The van der Waals surface area contributed by atoms with Gasteiger partial charge >= 0.3 is 0 Å². The summed E-state index contributed by atoms with van der Waals surface area (Å²) in [5, 5.41) is 4.14. The van der Waals surface area contributed by atoms with E-state index in [-0.39, 0.29) is 36.6 Å². The lowest BCUT2D eigenvalue weighted by Crippen LogP contribution is -2.59. The predicted octanol–water partition coefficient (Wildman–Crippen LogP) is 0.645. The highest BCUT2D eigenvalue weighted by Crippen LogP contribution is 2.21. The molecule has 2 saturated heterocycles. The number of fused-ring (bicyclic) bond motifs is 1. The number of hydrogen-bond donors (Lipinski definition) is 0. The maximum Gasteiger partial charge on any atom is 0.274 e. The molecule has 2 aliphatic rings. The normalized spacial score (nSPS) is 19.9. The van der Waals surface area contributed by atoms with Crippen LogP contribution < -0.4 is 0 Å². The van der Waals surface area contributed by atoms with Crippen LogP contribution in [0.2, 0.25) is 0 Å². The molecule has 1 unspecified atom stereocenters. The molecule has 2 aliphatic heterocycles. The first-order valence-corrected chi connectivity index (χ1v) is 9.54. The van der Waals surface area contributed by atoms with Crippen molar-refractivity contribution in [2.75, 3.05) is 26.2 Å². The van der Waals surface area contributed by atoms with Crippen molar-refractivity contribution >= 4 is 17.7 Å². The van der Waals surface area contributed by atoms with Crippen LogP contribution in [0.15, 0.2) is 36.5 Å². The van der Waals surface area contributed by atoms with Crippen molar-refractivity contribution in [3.63, 3.8) is 0 Å². The van der Waals surface area contributed by atoms with Gasteiger partial charge in [0.2, 0.25) is 11.8 Å². The minimum Gasteiger partial charge on any atom is -0.335 e. The summed E-state index contributed by atoms with van der Waals surface area (Å²) in [6, 6.07) is 7.06. The molecule has 0 radical (unpaired) electrons. The van der Waals surface area contributed by atoms with Gasteiger partial charge in [-0.2, -0.15) is 5.10 Å². The molecule has 2 fully saturated rings. The molecule has 2 aromatic rings. The van der Waals surface area contributed by atoms with Crippen LogP contribution in [0, 0.1) is 5.82 Å². The molecule has 1 atom stereocenters. The van der Waals surface area contributed by atoms with Crippen molar-refractivity contribution in [1.82, 2.24) is 24.5 Å². The van der Waals surface area contributed by atoms with Crippen LogP contribution in [0.1, 0.15) is 22.5 Å². The van der Waals surface area contributed by atoms with E-state index in [1.54, 1.807) is 45.9 Å². The fourth-order valence-corrected chi connectivity index (χ4v) is 3.91. The highest BCUT2D eigenvalue weighted by Gasteiger charge is 2.41. The van der Waals surface area contributed by atoms with E-state index in [0.717, 1.165) is 0 Å². The summed E-state index contributed by atoms with van der Waals surface area (Å²) in [5.41, 5.74) is 0.984. The molecule has 4 rings (SSSR count). The molecule has 1 aromatic carbocycles. The first-order chi connectivity index (χ1) is 13.9. The van der Waals surface area contributed by atoms with Gasteiger partial charge in [0.15, 0.2) is 0 Å². The van der Waals surface area contributed by atoms with Crippen LogP contribution in [-0.2, 0) is 23.2 Å². The van der Waals surface area contributed by atoms with Gasteiger partial charge in [0.25, 0.3) is 5.91 Å². The van der Waals surface area contributed by atoms with Crippen LogP contribution in [0.3, 0.4) is 0 Å². The van der Waals surface area contributed by atoms with Gasteiger partial charge in [-0.3, -0.25) is 19.1 Å². The zero-order chi connectivity index (χ0) is 20.5. The van der Waals surface area contributed by atoms with Gasteiger partial charge in [0.05, 0.1) is 0 Å². The van der Waals surface area contributed by atoms with E-state index in [9.17, 15) is 18.8 Å². The highest BCUT2D eigenvalue weighted by atomic mass is 19.1. The van der Waals surface area contributed by atoms with Gasteiger partial charge in [-0.05, 0) is 30.2 Å². The lowest BCUT2D eigenvalue weighted by atomic mass is 10.1. The third-order valence-corrected chi connectivity index (χ3v) is 5.39. The fourth-order valence-electron chi connectivity index (χ4n) is 3.91. The highest BCUT2D eigenvalue weighted by molar-refractivity contribution is 5.95. The number of halogens is 1. The Hall–Kier alpha value is -3.23. The summed E-state index contributed by atoms with van der Waals surface area (Å²) in [6.45, 7) is 1.17. The van der Waals surface area contributed by atoms with E-state index in [1.165, 1.54) is 17.0 Å². The predicted molar refractivity (Wildman–Crippen MR) is 101 cm³/mol. The third kappa shape index (κ3) is 3.85. The van der Waals surface area contributed by atoms with Gasteiger partial charge in [-0.1, -0.05) is 12.1 Å². The van der Waals surface area contributed by atoms with E-state index in [4.69, 9.17) is 0 Å². The molecule has 1 aromatic heterocycles. The summed E-state index contributed by atoms with van der Waals surface area (Å²) >= 11 is 0. The molecule has 0 bridgehead atoms. The summed E-state index contributed by atoms with van der Waals surface area (Å²) in [5.74, 6) is -0.904. The molecule has 0 saturated carbocycles. The van der Waals surface area contributed by atoms with Crippen molar-refractivity contribution in [3.05, 3.63) is 53.6 Å². The molecule has 0 aliphatic carbocycles. The Kier molecular flexibility index (Phi) is 5.04. The first-order valence-electron chi connectivity index (χ1n) is 9.54. The van der Waals surface area contributed by atoms with E-state index >= 15 is 0 Å². The van der Waals surface area contributed by atoms with E-state index in [1.807, 2.05) is 0 Å². The minimum atomic E-state index is -0.605. The average molecular weight is 399 g/mol. The number of benzene rings is 1. The zero-order valence-corrected chi connectivity index (χ0v) is 16.1. The molecule has 9 heteroatoms. The maximum absolute atomic E-state index is 13.5. The fraction of sp³-hybridized carbons (Fsp3) is 0.400. The van der Waals surface area contributed by atoms with Crippen LogP contribution in [0.5, 0.6) is 0 Å². The van der Waals surface area contributed by atoms with E-state index < -0.39 is 6.04 Å². The number of hydrogen-bond acceptors (Lipinski definition) is 4. The summed E-state index contributed by atoms with van der Waals surface area (Å²) in [4.78, 5) is 43.1. The quantitative estimate of drug-likeness (QED) is 0.759. The van der Waals surface area contributed by atoms with Crippen LogP contribution >= 0.6 is 0 Å². The lowest BCUT2D eigenvalue weighted by molar-refractivity contribution is -0.156. The number of aryl methyl sites for hydroxylation is 1. The second kappa shape index (κ2) is 7.65. The van der Waals surface area contributed by atoms with Gasteiger partial charge < -0.3 is 14.7 Å². The molecule has 3 amide bonds. The summed E-state index contributed by atoms with van der Waals surface area (Å²) in [6.07, 6.45) is 2.06. The van der Waals surface area contributed by atoms with Gasteiger partial charge in [-0.25, -0.2) is 4.39 Å². The van der Waals surface area contributed by atoms with Crippen molar-refractivity contribution in [2.24, 2.45) is 7.05 Å². The number of aromatic nitrogens is 2. The van der Waals surface area contributed by atoms with Gasteiger partial charge in [0.1, 0.15) is 24.1 Å². The first kappa shape index (κ1) is 19.1. The molecule has 29 heavy (non-hydrogen) atoms. The molecule has 3 heterocycles. The topological polar surface area (TPSA) is 78.8 Å². The number of nitrogens with zero attached hydrogens (tertiary/aromatic N) is 5. The Morgan fingerprint density at radius 2 is 2.03 bits per heavy atom. The van der Waals surface area contributed by atoms with Crippen molar-refractivity contribution in [1.29, 1.82) is 0 Å². The third-order valence-electron chi connectivity index (χ3n) is 5.39. The minimum absolute atomic E-state index is 0.0416. The summed E-state index contributed by atoms with van der Waals surface area (Å²) in [7, 11) is 1.74. The Bertz CT molecular complexity index is 959. The van der Waals surface area contributed by atoms with E-state index in [0.29, 0.717) is 37.3 Å². The Morgan fingerprint density at radius 3 is 2.76 bits per heavy atom. The number of carbonyl (C=O) groups is 3. The van der Waals surface area contributed by atoms with Crippen molar-refractivity contribution < 1.29 is 18.8 Å². The number of carbonyl (C=O) groups excluding carboxylic acids is 3. The van der Waals surface area contributed by atoms with Gasteiger partial charge in [-0.15, -0.1) is 0 Å². The number of rotatable bonds is 3. The van der Waals surface area contributed by atoms with Crippen LogP contribution in [0.25, 0.3) is 0 Å². The van der Waals surface area contributed by atoms with Crippen LogP contribution in [0.4, 0.5) is 4.39 Å². The standard InChI is InChI=1S/C20H22FN5O3/c1-23-7-5-16(22-23)19(28)24-8-6-17-20(29)25(13-18(27)26(17)10-9-24)12-14-3-2-4-15(21)11-14/h2-5,7,11,17H,6,8-10,12-13H2,1H3. The van der Waals surface area contributed by atoms with E-state index in [2.05, 4.69) is 5.10 Å². The molecule has 152 valence electrons. The molecule has 0 spiro atoms. The monoisotopic (exact) mass is 399 g/mol. The Balaban J connectivity index is 1.47. The lowest BCUT2D eigenvalue weighted by Gasteiger charge is -2.39. The van der Waals surface area contributed by atoms with Crippen LogP contribution in [-0.4, -0.2) is 74.4 Å². The Labute approximate surface area is 167 Å².